The number of benzene rings is 1. The van der Waals surface area contributed by atoms with Crippen molar-refractivity contribution in [2.45, 2.75) is 25.2 Å². The van der Waals surface area contributed by atoms with Crippen molar-refractivity contribution in [3.8, 4) is 0 Å². The molecule has 1 aromatic carbocycles. The van der Waals surface area contributed by atoms with Gasteiger partial charge in [-0.2, -0.15) is 0 Å². The van der Waals surface area contributed by atoms with Crippen LogP contribution in [-0.2, 0) is 17.1 Å². The van der Waals surface area contributed by atoms with E-state index < -0.39 is 15.8 Å². The van der Waals surface area contributed by atoms with Crippen LogP contribution in [0.3, 0.4) is 0 Å². The Morgan fingerprint density at radius 2 is 1.96 bits per heavy atom. The number of fused-ring (bicyclic) bond motifs is 1. The van der Waals surface area contributed by atoms with E-state index in [1.807, 2.05) is 0 Å². The molecule has 0 spiro atoms. The molecule has 23 heavy (non-hydrogen) atoms. The minimum Gasteiger partial charge on any atom is -0.408 e. The number of nitrogens with one attached hydrogen (secondary N) is 1. The maximum Gasteiger partial charge on any atom is 0.419 e. The number of hydrogen-bond acceptors (Lipinski definition) is 5. The van der Waals surface area contributed by atoms with Crippen molar-refractivity contribution in [2.75, 3.05) is 26.2 Å². The summed E-state index contributed by atoms with van der Waals surface area (Å²) in [4.78, 5) is 13.8. The predicted molar refractivity (Wildman–Crippen MR) is 89.0 cm³/mol. The van der Waals surface area contributed by atoms with E-state index in [2.05, 4.69) is 23.5 Å². The van der Waals surface area contributed by atoms with Gasteiger partial charge in [0.1, 0.15) is 0 Å². The smallest absolute Gasteiger partial charge is 0.408 e. The lowest BCUT2D eigenvalue weighted by atomic mass is 10.3. The molecule has 1 aromatic heterocycles. The lowest BCUT2D eigenvalue weighted by molar-refractivity contribution is 0.300. The number of rotatable bonds is 8. The number of nitrogens with zero attached hydrogens (tertiary/aromatic N) is 2. The topological polar surface area (TPSA) is 84.6 Å². The van der Waals surface area contributed by atoms with Crippen molar-refractivity contribution in [1.82, 2.24) is 14.2 Å². The highest BCUT2D eigenvalue weighted by molar-refractivity contribution is 7.89. The largest absolute Gasteiger partial charge is 0.419 e. The summed E-state index contributed by atoms with van der Waals surface area (Å²) in [6.07, 6.45) is 0.743. The first-order chi connectivity index (χ1) is 10.9. The van der Waals surface area contributed by atoms with Crippen LogP contribution in [0.15, 0.2) is 32.3 Å². The van der Waals surface area contributed by atoms with Crippen molar-refractivity contribution >= 4 is 21.1 Å². The quantitative estimate of drug-likeness (QED) is 0.728. The molecule has 0 radical (unpaired) electrons. The van der Waals surface area contributed by atoms with E-state index in [0.29, 0.717) is 17.6 Å². The van der Waals surface area contributed by atoms with Gasteiger partial charge in [0, 0.05) is 13.6 Å². The molecule has 2 aromatic rings. The molecule has 0 aliphatic heterocycles. The van der Waals surface area contributed by atoms with Crippen LogP contribution in [0.25, 0.3) is 11.1 Å². The number of hydrogen-bond donors (Lipinski definition) is 1. The van der Waals surface area contributed by atoms with Gasteiger partial charge in [-0.3, -0.25) is 4.57 Å². The van der Waals surface area contributed by atoms with Gasteiger partial charge in [0.25, 0.3) is 0 Å². The van der Waals surface area contributed by atoms with Gasteiger partial charge in [0.05, 0.1) is 10.4 Å². The van der Waals surface area contributed by atoms with Gasteiger partial charge >= 0.3 is 5.76 Å². The summed E-state index contributed by atoms with van der Waals surface area (Å²) in [5, 5.41) is 0. The Hall–Kier alpha value is -1.64. The molecule has 0 unspecified atom stereocenters. The molecule has 0 bridgehead atoms. The van der Waals surface area contributed by atoms with Crippen LogP contribution in [0.4, 0.5) is 0 Å². The molecule has 0 aliphatic rings. The van der Waals surface area contributed by atoms with E-state index in [-0.39, 0.29) is 4.90 Å². The highest BCUT2D eigenvalue weighted by Gasteiger charge is 2.16. The van der Waals surface area contributed by atoms with Crippen LogP contribution in [0, 0.1) is 0 Å². The Morgan fingerprint density at radius 3 is 2.61 bits per heavy atom. The summed E-state index contributed by atoms with van der Waals surface area (Å²) in [5.41, 5.74) is 0.832. The summed E-state index contributed by atoms with van der Waals surface area (Å²) in [7, 11) is -2.05. The van der Waals surface area contributed by atoms with E-state index in [1.54, 1.807) is 7.05 Å². The second kappa shape index (κ2) is 7.29. The Bertz CT molecular complexity index is 819. The summed E-state index contributed by atoms with van der Waals surface area (Å²) in [6.45, 7) is 7.30. The van der Waals surface area contributed by atoms with Crippen LogP contribution < -0.4 is 10.5 Å². The molecule has 7 nitrogen and oxygen atoms in total. The first kappa shape index (κ1) is 17.7. The monoisotopic (exact) mass is 341 g/mol. The minimum absolute atomic E-state index is 0.129. The molecule has 0 amide bonds. The van der Waals surface area contributed by atoms with Crippen LogP contribution in [0.1, 0.15) is 20.3 Å². The van der Waals surface area contributed by atoms with Gasteiger partial charge < -0.3 is 9.32 Å². The van der Waals surface area contributed by atoms with Crippen molar-refractivity contribution in [3.05, 3.63) is 28.7 Å². The second-order valence-electron chi connectivity index (χ2n) is 5.33. The molecule has 8 heteroatoms. The summed E-state index contributed by atoms with van der Waals surface area (Å²) < 4.78 is 33.6. The van der Waals surface area contributed by atoms with Crippen molar-refractivity contribution in [1.29, 1.82) is 0 Å². The Kier molecular flexibility index (Phi) is 5.61. The third kappa shape index (κ3) is 4.01. The third-order valence-corrected chi connectivity index (χ3v) is 5.37. The maximum atomic E-state index is 12.3. The fraction of sp³-hybridized carbons (Fsp3) is 0.533. The van der Waals surface area contributed by atoms with E-state index in [0.717, 1.165) is 26.1 Å². The molecule has 2 rings (SSSR count). The van der Waals surface area contributed by atoms with Crippen LogP contribution in [0.2, 0.25) is 0 Å². The van der Waals surface area contributed by atoms with Gasteiger partial charge in [-0.15, -0.1) is 0 Å². The van der Waals surface area contributed by atoms with Crippen molar-refractivity contribution in [2.24, 2.45) is 7.05 Å². The van der Waals surface area contributed by atoms with E-state index in [1.165, 1.54) is 22.8 Å². The van der Waals surface area contributed by atoms with Crippen molar-refractivity contribution in [3.63, 3.8) is 0 Å². The molecule has 0 saturated heterocycles. The fourth-order valence-corrected chi connectivity index (χ4v) is 3.50. The molecule has 0 aliphatic carbocycles. The first-order valence-corrected chi connectivity index (χ1v) is 9.19. The predicted octanol–water partition coefficient (Wildman–Crippen LogP) is 1.14. The zero-order chi connectivity index (χ0) is 17.0. The van der Waals surface area contributed by atoms with Gasteiger partial charge in [-0.25, -0.2) is 17.9 Å². The molecule has 0 atom stereocenters. The molecule has 0 saturated carbocycles. The average Bonchev–Trinajstić information content (AvgIpc) is 2.82. The number of sulfonamides is 1. The second-order valence-corrected chi connectivity index (χ2v) is 7.10. The highest BCUT2D eigenvalue weighted by Crippen LogP contribution is 2.17. The molecular formula is C15H23N3O4S. The molecular weight excluding hydrogens is 318 g/mol. The summed E-state index contributed by atoms with van der Waals surface area (Å²) in [6, 6.07) is 4.39. The average molecular weight is 341 g/mol. The van der Waals surface area contributed by atoms with Gasteiger partial charge in [0.2, 0.25) is 10.0 Å². The summed E-state index contributed by atoms with van der Waals surface area (Å²) >= 11 is 0. The highest BCUT2D eigenvalue weighted by atomic mass is 32.2. The van der Waals surface area contributed by atoms with E-state index >= 15 is 0 Å². The fourth-order valence-electron chi connectivity index (χ4n) is 2.41. The lowest BCUT2D eigenvalue weighted by Crippen LogP contribution is -2.30. The van der Waals surface area contributed by atoms with Gasteiger partial charge in [0.15, 0.2) is 5.58 Å². The maximum absolute atomic E-state index is 12.3. The number of aromatic nitrogens is 1. The van der Waals surface area contributed by atoms with Crippen LogP contribution in [0.5, 0.6) is 0 Å². The number of aryl methyl sites for hydroxylation is 1. The number of oxazole rings is 1. The van der Waals surface area contributed by atoms with Crippen LogP contribution in [-0.4, -0.2) is 44.1 Å². The molecule has 128 valence electrons. The third-order valence-electron chi connectivity index (χ3n) is 3.91. The standard InChI is InChI=1S/C15H23N3O4S/c1-4-18(5-2)10-6-9-16-23(20,21)12-7-8-14-13(11-12)17(3)15(19)22-14/h7-8,11,16H,4-6,9-10H2,1-3H3. The van der Waals surface area contributed by atoms with E-state index in [4.69, 9.17) is 4.42 Å². The SMILES string of the molecule is CCN(CC)CCCNS(=O)(=O)c1ccc2oc(=O)n(C)c2c1. The zero-order valence-electron chi connectivity index (χ0n) is 13.7. The Labute approximate surface area is 135 Å². The Balaban J connectivity index is 2.07. The summed E-state index contributed by atoms with van der Waals surface area (Å²) in [5.74, 6) is -0.512. The Morgan fingerprint density at radius 1 is 1.26 bits per heavy atom. The molecule has 1 N–H and O–H groups in total. The van der Waals surface area contributed by atoms with E-state index in [9.17, 15) is 13.2 Å². The molecule has 0 fully saturated rings. The minimum atomic E-state index is -3.60. The van der Waals surface area contributed by atoms with Crippen LogP contribution >= 0.6 is 0 Å². The van der Waals surface area contributed by atoms with Gasteiger partial charge in [-0.05, 0) is 44.3 Å². The normalized spacial score (nSPS) is 12.3. The van der Waals surface area contributed by atoms with Crippen molar-refractivity contribution < 1.29 is 12.8 Å². The first-order valence-electron chi connectivity index (χ1n) is 7.70. The molecule has 1 heterocycles. The lowest BCUT2D eigenvalue weighted by Gasteiger charge is -2.17. The van der Waals surface area contributed by atoms with Gasteiger partial charge in [-0.1, -0.05) is 13.8 Å². The zero-order valence-corrected chi connectivity index (χ0v) is 14.5.